The molecule has 0 aliphatic heterocycles. The number of rotatable bonds is 5. The molecule has 0 aromatic carbocycles. The highest BCUT2D eigenvalue weighted by molar-refractivity contribution is 7.15. The Balaban J connectivity index is 2.13. The smallest absolute Gasteiger partial charge is 0.358 e. The molecule has 0 amide bonds. The van der Waals surface area contributed by atoms with Gasteiger partial charge in [-0.3, -0.25) is 4.98 Å². The Morgan fingerprint density at radius 3 is 2.90 bits per heavy atom. The Morgan fingerprint density at radius 2 is 2.25 bits per heavy atom. The molecule has 6 heteroatoms. The van der Waals surface area contributed by atoms with Crippen LogP contribution in [-0.2, 0) is 11.3 Å². The molecule has 0 aliphatic carbocycles. The van der Waals surface area contributed by atoms with Crippen molar-refractivity contribution < 1.29 is 9.53 Å². The molecular weight excluding hydrogens is 274 g/mol. The minimum absolute atomic E-state index is 0.356. The van der Waals surface area contributed by atoms with Gasteiger partial charge in [-0.05, 0) is 26.0 Å². The largest absolute Gasteiger partial charge is 0.461 e. The Hall–Kier alpha value is -1.95. The van der Waals surface area contributed by atoms with Crippen molar-refractivity contribution in [1.82, 2.24) is 9.97 Å². The average Bonchev–Trinajstić information content (AvgIpc) is 2.82. The van der Waals surface area contributed by atoms with Gasteiger partial charge < -0.3 is 9.64 Å². The number of carbonyl (C=O) groups is 1. The minimum Gasteiger partial charge on any atom is -0.461 e. The van der Waals surface area contributed by atoms with Crippen molar-refractivity contribution in [2.75, 3.05) is 18.6 Å². The molecule has 0 bridgehead atoms. The average molecular weight is 291 g/mol. The monoisotopic (exact) mass is 291 g/mol. The molecule has 0 aliphatic rings. The number of thiazole rings is 1. The predicted molar refractivity (Wildman–Crippen MR) is 79.2 cm³/mol. The highest BCUT2D eigenvalue weighted by atomic mass is 32.1. The van der Waals surface area contributed by atoms with E-state index >= 15 is 0 Å². The standard InChI is InChI=1S/C14H17N3O2S/c1-4-19-13(18)12-10(2)20-14(16-12)17(3)9-11-7-5-6-8-15-11/h5-8H,4,9H2,1-3H3. The lowest BCUT2D eigenvalue weighted by Gasteiger charge is -2.14. The van der Waals surface area contributed by atoms with Gasteiger partial charge in [0.15, 0.2) is 10.8 Å². The van der Waals surface area contributed by atoms with Crippen molar-refractivity contribution in [3.63, 3.8) is 0 Å². The summed E-state index contributed by atoms with van der Waals surface area (Å²) in [6.45, 7) is 4.67. The number of carbonyl (C=O) groups excluding carboxylic acids is 1. The van der Waals surface area contributed by atoms with E-state index in [9.17, 15) is 4.79 Å². The van der Waals surface area contributed by atoms with E-state index in [4.69, 9.17) is 4.74 Å². The molecule has 0 saturated carbocycles. The first-order chi connectivity index (χ1) is 9.61. The van der Waals surface area contributed by atoms with Crippen LogP contribution in [0.3, 0.4) is 0 Å². The summed E-state index contributed by atoms with van der Waals surface area (Å²) < 4.78 is 4.99. The molecular formula is C14H17N3O2S. The van der Waals surface area contributed by atoms with Gasteiger partial charge in [0.2, 0.25) is 0 Å². The van der Waals surface area contributed by atoms with Crippen molar-refractivity contribution in [2.45, 2.75) is 20.4 Å². The van der Waals surface area contributed by atoms with E-state index in [-0.39, 0.29) is 5.97 Å². The maximum Gasteiger partial charge on any atom is 0.358 e. The van der Waals surface area contributed by atoms with Gasteiger partial charge in [0.1, 0.15) is 0 Å². The molecule has 2 rings (SSSR count). The molecule has 20 heavy (non-hydrogen) atoms. The summed E-state index contributed by atoms with van der Waals surface area (Å²) in [6, 6.07) is 5.80. The number of esters is 1. The third kappa shape index (κ3) is 3.33. The normalized spacial score (nSPS) is 10.3. The van der Waals surface area contributed by atoms with Crippen LogP contribution in [0.1, 0.15) is 28.0 Å². The number of aromatic nitrogens is 2. The van der Waals surface area contributed by atoms with Crippen molar-refractivity contribution >= 4 is 22.4 Å². The Labute approximate surface area is 122 Å². The van der Waals surface area contributed by atoms with Crippen LogP contribution in [0.15, 0.2) is 24.4 Å². The quantitative estimate of drug-likeness (QED) is 0.793. The number of nitrogens with zero attached hydrogens (tertiary/aromatic N) is 3. The van der Waals surface area contributed by atoms with Crippen LogP contribution in [0.25, 0.3) is 0 Å². The zero-order chi connectivity index (χ0) is 14.5. The number of hydrogen-bond donors (Lipinski definition) is 0. The van der Waals surface area contributed by atoms with Gasteiger partial charge in [-0.1, -0.05) is 6.07 Å². The number of hydrogen-bond acceptors (Lipinski definition) is 6. The zero-order valence-corrected chi connectivity index (χ0v) is 12.6. The van der Waals surface area contributed by atoms with E-state index in [0.717, 1.165) is 15.7 Å². The summed E-state index contributed by atoms with van der Waals surface area (Å²) in [7, 11) is 1.93. The fraction of sp³-hybridized carbons (Fsp3) is 0.357. The molecule has 0 atom stereocenters. The lowest BCUT2D eigenvalue weighted by atomic mass is 10.3. The molecule has 0 unspecified atom stereocenters. The molecule has 0 fully saturated rings. The molecule has 106 valence electrons. The van der Waals surface area contributed by atoms with Gasteiger partial charge in [0.25, 0.3) is 0 Å². The van der Waals surface area contributed by atoms with Crippen LogP contribution < -0.4 is 4.90 Å². The van der Waals surface area contributed by atoms with Crippen LogP contribution in [0, 0.1) is 6.92 Å². The first-order valence-corrected chi connectivity index (χ1v) is 7.19. The maximum absolute atomic E-state index is 11.8. The minimum atomic E-state index is -0.362. The lowest BCUT2D eigenvalue weighted by Crippen LogP contribution is -2.17. The van der Waals surface area contributed by atoms with Crippen molar-refractivity contribution in [3.8, 4) is 0 Å². The van der Waals surface area contributed by atoms with Crippen LogP contribution in [0.2, 0.25) is 0 Å². The lowest BCUT2D eigenvalue weighted by molar-refractivity contribution is 0.0519. The Morgan fingerprint density at radius 1 is 1.45 bits per heavy atom. The van der Waals surface area contributed by atoms with Gasteiger partial charge in [0, 0.05) is 18.1 Å². The van der Waals surface area contributed by atoms with E-state index in [1.165, 1.54) is 11.3 Å². The number of pyridine rings is 1. The topological polar surface area (TPSA) is 55.3 Å². The first kappa shape index (κ1) is 14.5. The van der Waals surface area contributed by atoms with Gasteiger partial charge in [-0.25, -0.2) is 9.78 Å². The fourth-order valence-corrected chi connectivity index (χ4v) is 2.59. The second-order valence-electron chi connectivity index (χ2n) is 4.30. The van der Waals surface area contributed by atoms with Crippen molar-refractivity contribution in [2.24, 2.45) is 0 Å². The zero-order valence-electron chi connectivity index (χ0n) is 11.8. The summed E-state index contributed by atoms with van der Waals surface area (Å²) in [5, 5.41) is 0.788. The van der Waals surface area contributed by atoms with Crippen LogP contribution in [0.5, 0.6) is 0 Å². The summed E-state index contributed by atoms with van der Waals surface area (Å²) in [6.07, 6.45) is 1.76. The van der Waals surface area contributed by atoms with Gasteiger partial charge in [-0.2, -0.15) is 0 Å². The highest BCUT2D eigenvalue weighted by Crippen LogP contribution is 2.26. The molecule has 0 N–H and O–H groups in total. The van der Waals surface area contributed by atoms with Crippen LogP contribution in [-0.4, -0.2) is 29.6 Å². The Kier molecular flexibility index (Phi) is 4.68. The molecule has 2 aromatic rings. The predicted octanol–water partition coefficient (Wildman–Crippen LogP) is 2.66. The van der Waals surface area contributed by atoms with Crippen molar-refractivity contribution in [3.05, 3.63) is 40.7 Å². The van der Waals surface area contributed by atoms with Gasteiger partial charge in [0.05, 0.1) is 18.8 Å². The van der Waals surface area contributed by atoms with Crippen LogP contribution in [0.4, 0.5) is 5.13 Å². The SMILES string of the molecule is CCOC(=O)c1nc(N(C)Cc2ccccn2)sc1C. The number of ether oxygens (including phenoxy) is 1. The van der Waals surface area contributed by atoms with E-state index in [0.29, 0.717) is 18.8 Å². The third-order valence-corrected chi connectivity index (χ3v) is 3.79. The van der Waals surface area contributed by atoms with Gasteiger partial charge >= 0.3 is 5.97 Å². The van der Waals surface area contributed by atoms with Crippen LogP contribution >= 0.6 is 11.3 Å². The molecule has 2 heterocycles. The summed E-state index contributed by atoms with van der Waals surface area (Å²) in [4.78, 5) is 23.2. The molecule has 5 nitrogen and oxygen atoms in total. The maximum atomic E-state index is 11.8. The third-order valence-electron chi connectivity index (χ3n) is 2.71. The molecule has 0 spiro atoms. The van der Waals surface area contributed by atoms with E-state index in [2.05, 4.69) is 9.97 Å². The molecule has 0 saturated heterocycles. The van der Waals surface area contributed by atoms with Crippen molar-refractivity contribution in [1.29, 1.82) is 0 Å². The first-order valence-electron chi connectivity index (χ1n) is 6.37. The van der Waals surface area contributed by atoms with Gasteiger partial charge in [-0.15, -0.1) is 11.3 Å². The summed E-state index contributed by atoms with van der Waals surface area (Å²) >= 11 is 1.48. The molecule has 0 radical (unpaired) electrons. The second-order valence-corrected chi connectivity index (χ2v) is 5.48. The fourth-order valence-electron chi connectivity index (χ4n) is 1.74. The second kappa shape index (κ2) is 6.47. The number of anilines is 1. The number of aryl methyl sites for hydroxylation is 1. The van der Waals surface area contributed by atoms with E-state index in [1.54, 1.807) is 13.1 Å². The summed E-state index contributed by atoms with van der Waals surface area (Å²) in [5.41, 5.74) is 1.36. The highest BCUT2D eigenvalue weighted by Gasteiger charge is 2.18. The molecule has 2 aromatic heterocycles. The van der Waals surface area contributed by atoms with E-state index in [1.807, 2.05) is 37.1 Å². The summed E-state index contributed by atoms with van der Waals surface area (Å²) in [5.74, 6) is -0.362. The van der Waals surface area contributed by atoms with E-state index < -0.39 is 0 Å². The Bertz CT molecular complexity index is 583.